The fourth-order valence-corrected chi connectivity index (χ4v) is 5.05. The van der Waals surface area contributed by atoms with E-state index in [-0.39, 0.29) is 5.91 Å². The molecular weight excluding hydrogens is 504 g/mol. The molecule has 0 radical (unpaired) electrons. The van der Waals surface area contributed by atoms with Crippen LogP contribution in [-0.2, 0) is 6.42 Å². The molecule has 0 bridgehead atoms. The molecule has 0 saturated carbocycles. The van der Waals surface area contributed by atoms with Crippen molar-refractivity contribution in [3.8, 4) is 17.0 Å². The van der Waals surface area contributed by atoms with Gasteiger partial charge in [-0.05, 0) is 49.2 Å². The molecule has 0 atom stereocenters. The van der Waals surface area contributed by atoms with Crippen molar-refractivity contribution in [3.63, 3.8) is 0 Å². The Balaban J connectivity index is 1.34. The number of aromatic nitrogens is 4. The van der Waals surface area contributed by atoms with E-state index in [9.17, 15) is 4.79 Å². The summed E-state index contributed by atoms with van der Waals surface area (Å²) in [6.07, 6.45) is 4.85. The minimum Gasteiger partial charge on any atom is -0.497 e. The number of nitrogens with zero attached hydrogens (tertiary/aromatic N) is 6. The third-order valence-corrected chi connectivity index (χ3v) is 7.18. The van der Waals surface area contributed by atoms with Crippen molar-refractivity contribution in [2.24, 2.45) is 0 Å². The molecule has 1 saturated heterocycles. The second kappa shape index (κ2) is 11.1. The van der Waals surface area contributed by atoms with E-state index in [1.54, 1.807) is 25.6 Å². The molecule has 0 unspecified atom stereocenters. The maximum atomic E-state index is 13.3. The molecule has 40 heavy (non-hydrogen) atoms. The number of hydrogen-bond donors (Lipinski definition) is 0. The van der Waals surface area contributed by atoms with Gasteiger partial charge < -0.3 is 19.1 Å². The van der Waals surface area contributed by atoms with Crippen molar-refractivity contribution in [2.45, 2.75) is 19.8 Å². The predicted octanol–water partition coefficient (Wildman–Crippen LogP) is 4.94. The Morgan fingerprint density at radius 1 is 1.00 bits per heavy atom. The number of pyridine rings is 1. The van der Waals surface area contributed by atoms with Crippen LogP contribution in [0.2, 0.25) is 0 Å². The molecule has 1 aliphatic heterocycles. The smallest absolute Gasteiger partial charge is 0.263 e. The summed E-state index contributed by atoms with van der Waals surface area (Å²) in [5.74, 6) is 2.09. The fourth-order valence-electron chi connectivity index (χ4n) is 5.05. The van der Waals surface area contributed by atoms with Gasteiger partial charge >= 0.3 is 0 Å². The van der Waals surface area contributed by atoms with Gasteiger partial charge in [-0.1, -0.05) is 41.1 Å². The number of methoxy groups -OCH3 is 1. The van der Waals surface area contributed by atoms with E-state index in [0.717, 1.165) is 35.3 Å². The van der Waals surface area contributed by atoms with Gasteiger partial charge in [-0.25, -0.2) is 4.98 Å². The molecule has 2 aromatic carbocycles. The van der Waals surface area contributed by atoms with E-state index in [1.165, 1.54) is 5.56 Å². The Labute approximate surface area is 232 Å². The molecule has 9 nitrogen and oxygen atoms in total. The zero-order valence-electron chi connectivity index (χ0n) is 22.6. The van der Waals surface area contributed by atoms with Gasteiger partial charge in [0, 0.05) is 56.1 Å². The van der Waals surface area contributed by atoms with Crippen molar-refractivity contribution < 1.29 is 14.1 Å². The monoisotopic (exact) mass is 534 g/mol. The lowest BCUT2D eigenvalue weighted by molar-refractivity contribution is 0.0766. The number of aryl methyl sites for hydroxylation is 1. The molecule has 0 N–H and O–H groups in total. The Morgan fingerprint density at radius 3 is 2.67 bits per heavy atom. The van der Waals surface area contributed by atoms with E-state index in [2.05, 4.69) is 46.2 Å². The minimum atomic E-state index is -0.00493. The maximum Gasteiger partial charge on any atom is 0.263 e. The molecule has 6 rings (SSSR count). The summed E-state index contributed by atoms with van der Waals surface area (Å²) in [5.41, 5.74) is 4.88. The lowest BCUT2D eigenvalue weighted by Gasteiger charge is -2.24. The van der Waals surface area contributed by atoms with Crippen LogP contribution in [0.5, 0.6) is 5.75 Å². The number of hydrogen-bond acceptors (Lipinski definition) is 8. The van der Waals surface area contributed by atoms with Gasteiger partial charge in [0.2, 0.25) is 0 Å². The molecule has 202 valence electrons. The highest BCUT2D eigenvalue weighted by molar-refractivity contribution is 5.98. The highest BCUT2D eigenvalue weighted by atomic mass is 16.5. The summed E-state index contributed by atoms with van der Waals surface area (Å²) in [5, 5.41) is 5.14. The average molecular weight is 535 g/mol. The predicted molar refractivity (Wildman–Crippen MR) is 153 cm³/mol. The first-order valence-electron chi connectivity index (χ1n) is 13.4. The number of fused-ring (bicyclic) bond motifs is 1. The lowest BCUT2D eigenvalue weighted by Crippen LogP contribution is -2.35. The molecule has 4 heterocycles. The van der Waals surface area contributed by atoms with E-state index < -0.39 is 0 Å². The minimum absolute atomic E-state index is 0.00493. The number of rotatable bonds is 6. The summed E-state index contributed by atoms with van der Waals surface area (Å²) in [7, 11) is 1.60. The standard InChI is InChI=1S/C31H30N6O3/c1-21-9-11-22(12-10-21)18-26-33-29(27-28(35-40-30(27)34-26)24-7-4-13-32-20-24)36-14-5-15-37(17-16-36)31(38)23-6-3-8-25(19-23)39-2/h3-4,6-13,19-20H,5,14-18H2,1-2H3. The van der Waals surface area contributed by atoms with Crippen LogP contribution >= 0.6 is 0 Å². The van der Waals surface area contributed by atoms with Crippen molar-refractivity contribution in [1.82, 2.24) is 25.0 Å². The van der Waals surface area contributed by atoms with Gasteiger partial charge in [0.1, 0.15) is 28.5 Å². The van der Waals surface area contributed by atoms with E-state index in [0.29, 0.717) is 54.6 Å². The lowest BCUT2D eigenvalue weighted by atomic mass is 10.1. The van der Waals surface area contributed by atoms with Crippen LogP contribution in [0.4, 0.5) is 5.82 Å². The summed E-state index contributed by atoms with van der Waals surface area (Å²) < 4.78 is 11.1. The molecule has 9 heteroatoms. The molecule has 0 spiro atoms. The number of carbonyl (C=O) groups excluding carboxylic acids is 1. The van der Waals surface area contributed by atoms with Gasteiger partial charge in [0.25, 0.3) is 11.6 Å². The highest BCUT2D eigenvalue weighted by Crippen LogP contribution is 2.34. The topological polar surface area (TPSA) is 97.5 Å². The van der Waals surface area contributed by atoms with Gasteiger partial charge in [-0.2, -0.15) is 4.98 Å². The zero-order chi connectivity index (χ0) is 27.5. The molecule has 1 amide bonds. The summed E-state index contributed by atoms with van der Waals surface area (Å²) in [6.45, 7) is 4.62. The summed E-state index contributed by atoms with van der Waals surface area (Å²) in [4.78, 5) is 31.6. The number of ether oxygens (including phenoxy) is 1. The zero-order valence-corrected chi connectivity index (χ0v) is 22.6. The fraction of sp³-hybridized carbons (Fsp3) is 0.258. The Hall–Kier alpha value is -4.79. The van der Waals surface area contributed by atoms with Crippen molar-refractivity contribution in [2.75, 3.05) is 38.2 Å². The molecule has 1 fully saturated rings. The highest BCUT2D eigenvalue weighted by Gasteiger charge is 2.26. The quantitative estimate of drug-likeness (QED) is 0.302. The molecule has 3 aromatic heterocycles. The second-order valence-corrected chi connectivity index (χ2v) is 9.94. The van der Waals surface area contributed by atoms with Crippen molar-refractivity contribution >= 4 is 22.8 Å². The Bertz CT molecular complexity index is 1630. The van der Waals surface area contributed by atoms with Crippen LogP contribution in [0.15, 0.2) is 77.6 Å². The first kappa shape index (κ1) is 25.5. The van der Waals surface area contributed by atoms with E-state index in [4.69, 9.17) is 19.2 Å². The van der Waals surface area contributed by atoms with Crippen LogP contribution in [-0.4, -0.2) is 64.2 Å². The van der Waals surface area contributed by atoms with Gasteiger partial charge in [-0.3, -0.25) is 9.78 Å². The van der Waals surface area contributed by atoms with E-state index >= 15 is 0 Å². The van der Waals surface area contributed by atoms with Gasteiger partial charge in [0.15, 0.2) is 0 Å². The third kappa shape index (κ3) is 5.22. The molecule has 0 aliphatic carbocycles. The largest absolute Gasteiger partial charge is 0.497 e. The number of benzene rings is 2. The van der Waals surface area contributed by atoms with Crippen molar-refractivity contribution in [1.29, 1.82) is 0 Å². The van der Waals surface area contributed by atoms with Crippen LogP contribution in [0.1, 0.15) is 33.7 Å². The first-order valence-corrected chi connectivity index (χ1v) is 13.4. The van der Waals surface area contributed by atoms with Gasteiger partial charge in [-0.15, -0.1) is 0 Å². The van der Waals surface area contributed by atoms with Crippen molar-refractivity contribution in [3.05, 3.63) is 95.6 Å². The number of carbonyl (C=O) groups is 1. The molecule has 5 aromatic rings. The third-order valence-electron chi connectivity index (χ3n) is 7.18. The normalized spacial score (nSPS) is 13.8. The summed E-state index contributed by atoms with van der Waals surface area (Å²) in [6, 6.07) is 19.5. The molecule has 1 aliphatic rings. The number of anilines is 1. The van der Waals surface area contributed by atoms with Crippen LogP contribution in [0.25, 0.3) is 22.4 Å². The first-order chi connectivity index (χ1) is 19.6. The van der Waals surface area contributed by atoms with Crippen LogP contribution < -0.4 is 9.64 Å². The Kier molecular flexibility index (Phi) is 7.09. The van der Waals surface area contributed by atoms with Crippen LogP contribution in [0.3, 0.4) is 0 Å². The number of amides is 1. The molecular formula is C31H30N6O3. The Morgan fingerprint density at radius 2 is 1.88 bits per heavy atom. The SMILES string of the molecule is COc1cccc(C(=O)N2CCCN(c3nc(Cc4ccc(C)cc4)nc4onc(-c5cccnc5)c34)CC2)c1. The van der Waals surface area contributed by atoms with Gasteiger partial charge in [0.05, 0.1) is 7.11 Å². The summed E-state index contributed by atoms with van der Waals surface area (Å²) >= 11 is 0. The van der Waals surface area contributed by atoms with E-state index in [1.807, 2.05) is 35.2 Å². The second-order valence-electron chi connectivity index (χ2n) is 9.94. The van der Waals surface area contributed by atoms with Crippen LogP contribution in [0, 0.1) is 6.92 Å². The average Bonchev–Trinajstić information content (AvgIpc) is 3.27. The maximum absolute atomic E-state index is 13.3.